The monoisotopic (exact) mass is 241 g/mol. The first-order valence-corrected chi connectivity index (χ1v) is 7.02. The van der Waals surface area contributed by atoms with Gasteiger partial charge in [-0.3, -0.25) is 4.90 Å². The van der Waals surface area contributed by atoms with Crippen LogP contribution in [0.5, 0.6) is 0 Å². The summed E-state index contributed by atoms with van der Waals surface area (Å²) in [6.45, 7) is 10.1. The van der Waals surface area contributed by atoms with E-state index < -0.39 is 0 Å². The Hall–Kier alpha value is -0.160. The second-order valence-electron chi connectivity index (χ2n) is 5.61. The van der Waals surface area contributed by atoms with Crippen LogP contribution in [0.1, 0.15) is 12.8 Å². The molecule has 4 heteroatoms. The predicted molar refractivity (Wildman–Crippen MR) is 70.2 cm³/mol. The van der Waals surface area contributed by atoms with E-state index in [4.69, 9.17) is 5.11 Å². The fourth-order valence-corrected chi connectivity index (χ4v) is 2.75. The van der Waals surface area contributed by atoms with E-state index in [1.807, 2.05) is 0 Å². The van der Waals surface area contributed by atoms with Gasteiger partial charge in [0.2, 0.25) is 0 Å². The van der Waals surface area contributed by atoms with E-state index in [1.165, 1.54) is 65.2 Å². The Bertz CT molecular complexity index is 209. The summed E-state index contributed by atoms with van der Waals surface area (Å²) in [6.07, 6.45) is 2.36. The highest BCUT2D eigenvalue weighted by molar-refractivity contribution is 4.74. The summed E-state index contributed by atoms with van der Waals surface area (Å²) in [6, 6.07) is 0. The fraction of sp³-hybridized carbons (Fsp3) is 1.00. The Labute approximate surface area is 105 Å². The number of nitrogens with zero attached hydrogens (tertiary/aromatic N) is 3. The maximum Gasteiger partial charge on any atom is 0.0460 e. The molecule has 0 amide bonds. The molecule has 0 aromatic rings. The second kappa shape index (κ2) is 6.69. The van der Waals surface area contributed by atoms with Gasteiger partial charge in [0.05, 0.1) is 0 Å². The van der Waals surface area contributed by atoms with Crippen LogP contribution in [0.3, 0.4) is 0 Å². The molecule has 0 unspecified atom stereocenters. The molecule has 0 atom stereocenters. The highest BCUT2D eigenvalue weighted by atomic mass is 16.3. The zero-order valence-corrected chi connectivity index (χ0v) is 11.1. The molecule has 17 heavy (non-hydrogen) atoms. The number of piperazine rings is 1. The van der Waals surface area contributed by atoms with Crippen LogP contribution < -0.4 is 0 Å². The molecular formula is C13H27N3O. The molecule has 0 radical (unpaired) electrons. The van der Waals surface area contributed by atoms with Crippen LogP contribution in [0.15, 0.2) is 0 Å². The minimum Gasteiger partial charge on any atom is -0.396 e. The van der Waals surface area contributed by atoms with Gasteiger partial charge in [-0.1, -0.05) is 0 Å². The normalized spacial score (nSPS) is 26.5. The molecule has 2 aliphatic rings. The largest absolute Gasteiger partial charge is 0.396 e. The van der Waals surface area contributed by atoms with E-state index in [1.54, 1.807) is 0 Å². The lowest BCUT2D eigenvalue weighted by Crippen LogP contribution is -2.47. The van der Waals surface area contributed by atoms with Crippen LogP contribution in [0.4, 0.5) is 0 Å². The van der Waals surface area contributed by atoms with E-state index in [0.29, 0.717) is 12.5 Å². The standard InChI is InChI=1S/C13H27N3O/c1-14-6-8-16(9-7-14)11-10-15-4-2-13(12-17)3-5-15/h13,17H,2-12H2,1H3. The molecule has 2 fully saturated rings. The summed E-state index contributed by atoms with van der Waals surface area (Å²) >= 11 is 0. The second-order valence-corrected chi connectivity index (χ2v) is 5.61. The van der Waals surface area contributed by atoms with Gasteiger partial charge in [-0.2, -0.15) is 0 Å². The number of likely N-dealkylation sites (tertiary alicyclic amines) is 1. The summed E-state index contributed by atoms with van der Waals surface area (Å²) in [5.41, 5.74) is 0. The summed E-state index contributed by atoms with van der Waals surface area (Å²) in [4.78, 5) is 7.55. The number of aliphatic hydroxyl groups is 1. The predicted octanol–water partition coefficient (Wildman–Crippen LogP) is -0.0619. The van der Waals surface area contributed by atoms with Gasteiger partial charge in [0.25, 0.3) is 0 Å². The van der Waals surface area contributed by atoms with Crippen LogP contribution in [0.25, 0.3) is 0 Å². The third-order valence-corrected chi connectivity index (χ3v) is 4.29. The van der Waals surface area contributed by atoms with Crippen molar-refractivity contribution in [2.24, 2.45) is 5.92 Å². The van der Waals surface area contributed by atoms with Crippen LogP contribution in [0, 0.1) is 5.92 Å². The summed E-state index contributed by atoms with van der Waals surface area (Å²) < 4.78 is 0. The molecule has 1 N–H and O–H groups in total. The third kappa shape index (κ3) is 4.21. The van der Waals surface area contributed by atoms with Gasteiger partial charge >= 0.3 is 0 Å². The Kier molecular flexibility index (Phi) is 5.22. The lowest BCUT2D eigenvalue weighted by Gasteiger charge is -2.36. The highest BCUT2D eigenvalue weighted by Crippen LogP contribution is 2.16. The van der Waals surface area contributed by atoms with Crippen molar-refractivity contribution in [1.29, 1.82) is 0 Å². The molecule has 0 aliphatic carbocycles. The van der Waals surface area contributed by atoms with Crippen molar-refractivity contribution in [3.8, 4) is 0 Å². The SMILES string of the molecule is CN1CCN(CCN2CCC(CO)CC2)CC1. The van der Waals surface area contributed by atoms with E-state index in [9.17, 15) is 0 Å². The minimum absolute atomic E-state index is 0.381. The van der Waals surface area contributed by atoms with Crippen molar-refractivity contribution in [1.82, 2.24) is 14.7 Å². The van der Waals surface area contributed by atoms with E-state index in [-0.39, 0.29) is 0 Å². The van der Waals surface area contributed by atoms with Crippen LogP contribution in [0.2, 0.25) is 0 Å². The van der Waals surface area contributed by atoms with Gasteiger partial charge in [0, 0.05) is 45.9 Å². The van der Waals surface area contributed by atoms with Crippen molar-refractivity contribution < 1.29 is 5.11 Å². The van der Waals surface area contributed by atoms with Gasteiger partial charge in [0.1, 0.15) is 0 Å². The van der Waals surface area contributed by atoms with Crippen LogP contribution >= 0.6 is 0 Å². The topological polar surface area (TPSA) is 30.0 Å². The first-order valence-electron chi connectivity index (χ1n) is 7.02. The van der Waals surface area contributed by atoms with E-state index >= 15 is 0 Å². The number of aliphatic hydroxyl groups excluding tert-OH is 1. The van der Waals surface area contributed by atoms with Gasteiger partial charge < -0.3 is 14.9 Å². The highest BCUT2D eigenvalue weighted by Gasteiger charge is 2.19. The number of hydrogen-bond acceptors (Lipinski definition) is 4. The Morgan fingerprint density at radius 2 is 1.41 bits per heavy atom. The average Bonchev–Trinajstić information content (AvgIpc) is 2.39. The maximum atomic E-state index is 9.10. The molecule has 4 nitrogen and oxygen atoms in total. The number of likely N-dealkylation sites (N-methyl/N-ethyl adjacent to an activating group) is 1. The molecule has 2 saturated heterocycles. The van der Waals surface area contributed by atoms with Crippen molar-refractivity contribution in [3.63, 3.8) is 0 Å². The fourth-order valence-electron chi connectivity index (χ4n) is 2.75. The van der Waals surface area contributed by atoms with Crippen molar-refractivity contribution in [3.05, 3.63) is 0 Å². The lowest BCUT2D eigenvalue weighted by atomic mass is 9.98. The summed E-state index contributed by atoms with van der Waals surface area (Å²) in [5, 5.41) is 9.10. The molecule has 2 rings (SSSR count). The van der Waals surface area contributed by atoms with Gasteiger partial charge in [-0.15, -0.1) is 0 Å². The molecule has 0 bridgehead atoms. The van der Waals surface area contributed by atoms with Gasteiger partial charge in [0.15, 0.2) is 0 Å². The first-order chi connectivity index (χ1) is 8.28. The molecule has 0 saturated carbocycles. The maximum absolute atomic E-state index is 9.10. The zero-order chi connectivity index (χ0) is 12.1. The molecule has 0 aromatic carbocycles. The Morgan fingerprint density at radius 3 is 1.94 bits per heavy atom. The van der Waals surface area contributed by atoms with Crippen LogP contribution in [-0.4, -0.2) is 85.8 Å². The molecule has 0 aromatic heterocycles. The molecule has 0 spiro atoms. The van der Waals surface area contributed by atoms with E-state index in [2.05, 4.69) is 21.7 Å². The van der Waals surface area contributed by atoms with Crippen molar-refractivity contribution in [2.45, 2.75) is 12.8 Å². The summed E-state index contributed by atoms with van der Waals surface area (Å²) in [7, 11) is 2.21. The summed E-state index contributed by atoms with van der Waals surface area (Å²) in [5.74, 6) is 0.565. The minimum atomic E-state index is 0.381. The van der Waals surface area contributed by atoms with Gasteiger partial charge in [-0.05, 0) is 38.9 Å². The molecule has 100 valence electrons. The number of hydrogen-bond donors (Lipinski definition) is 1. The number of rotatable bonds is 4. The Morgan fingerprint density at radius 1 is 0.882 bits per heavy atom. The van der Waals surface area contributed by atoms with Gasteiger partial charge in [-0.25, -0.2) is 0 Å². The van der Waals surface area contributed by atoms with E-state index in [0.717, 1.165) is 0 Å². The average molecular weight is 241 g/mol. The molecular weight excluding hydrogens is 214 g/mol. The smallest absolute Gasteiger partial charge is 0.0460 e. The van der Waals surface area contributed by atoms with Crippen molar-refractivity contribution >= 4 is 0 Å². The molecule has 2 heterocycles. The first kappa shape index (κ1) is 13.3. The number of piperidine rings is 1. The lowest BCUT2D eigenvalue weighted by molar-refractivity contribution is 0.104. The molecule has 2 aliphatic heterocycles. The third-order valence-electron chi connectivity index (χ3n) is 4.29. The van der Waals surface area contributed by atoms with Crippen LogP contribution in [-0.2, 0) is 0 Å². The van der Waals surface area contributed by atoms with Crippen molar-refractivity contribution in [2.75, 3.05) is 66.0 Å². The Balaban J connectivity index is 1.59. The zero-order valence-electron chi connectivity index (χ0n) is 11.1. The quantitative estimate of drug-likeness (QED) is 0.747.